The van der Waals surface area contributed by atoms with Crippen LogP contribution in [0.15, 0.2) is 54.6 Å². The van der Waals surface area contributed by atoms with E-state index in [-0.39, 0.29) is 11.9 Å². The van der Waals surface area contributed by atoms with Gasteiger partial charge in [-0.15, -0.1) is 11.3 Å². The Morgan fingerprint density at radius 1 is 1.07 bits per heavy atom. The SMILES string of the molecule is O=C1N[C@H](Cc2ccccc2)C(=O)N1CN1CCC[C@H](c2nc3ccccc3s2)C1. The first-order chi connectivity index (χ1) is 14.7. The number of thiazole rings is 1. The number of benzene rings is 2. The van der Waals surface area contributed by atoms with Crippen molar-refractivity contribution in [3.8, 4) is 0 Å². The molecule has 0 spiro atoms. The molecule has 30 heavy (non-hydrogen) atoms. The average Bonchev–Trinajstić information content (AvgIpc) is 3.32. The van der Waals surface area contributed by atoms with Crippen molar-refractivity contribution in [1.29, 1.82) is 0 Å². The molecule has 7 heteroatoms. The first-order valence-corrected chi connectivity index (χ1v) is 11.2. The summed E-state index contributed by atoms with van der Waals surface area (Å²) in [7, 11) is 0. The number of carbonyl (C=O) groups is 2. The van der Waals surface area contributed by atoms with Crippen molar-refractivity contribution in [3.63, 3.8) is 0 Å². The lowest BCUT2D eigenvalue weighted by Gasteiger charge is -2.33. The number of carbonyl (C=O) groups excluding carboxylic acids is 2. The molecule has 0 unspecified atom stereocenters. The minimum Gasteiger partial charge on any atom is -0.325 e. The van der Waals surface area contributed by atoms with Crippen LogP contribution >= 0.6 is 11.3 Å². The molecule has 154 valence electrons. The van der Waals surface area contributed by atoms with Crippen LogP contribution in [-0.4, -0.2) is 52.5 Å². The summed E-state index contributed by atoms with van der Waals surface area (Å²) in [6.45, 7) is 2.05. The number of nitrogens with one attached hydrogen (secondary N) is 1. The number of urea groups is 1. The number of aromatic nitrogens is 1. The van der Waals surface area contributed by atoms with Crippen LogP contribution in [0.1, 0.15) is 29.3 Å². The lowest BCUT2D eigenvalue weighted by Crippen LogP contribution is -2.45. The lowest BCUT2D eigenvalue weighted by atomic mass is 9.99. The monoisotopic (exact) mass is 420 g/mol. The van der Waals surface area contributed by atoms with Crippen molar-refractivity contribution in [2.24, 2.45) is 0 Å². The molecule has 0 aliphatic carbocycles. The van der Waals surface area contributed by atoms with E-state index in [0.29, 0.717) is 19.0 Å². The molecule has 2 aromatic carbocycles. The fraction of sp³-hybridized carbons (Fsp3) is 0.348. The van der Waals surface area contributed by atoms with E-state index in [1.807, 2.05) is 42.5 Å². The zero-order chi connectivity index (χ0) is 20.5. The van der Waals surface area contributed by atoms with Crippen LogP contribution in [0.3, 0.4) is 0 Å². The van der Waals surface area contributed by atoms with Gasteiger partial charge in [-0.1, -0.05) is 42.5 Å². The smallest absolute Gasteiger partial charge is 0.325 e. The Bertz CT molecular complexity index is 1030. The first kappa shape index (κ1) is 19.2. The summed E-state index contributed by atoms with van der Waals surface area (Å²) >= 11 is 1.75. The number of para-hydroxylation sites is 1. The van der Waals surface area contributed by atoms with Gasteiger partial charge >= 0.3 is 6.03 Å². The summed E-state index contributed by atoms with van der Waals surface area (Å²) < 4.78 is 1.21. The molecular formula is C23H24N4O2S. The van der Waals surface area contributed by atoms with Gasteiger partial charge in [-0.05, 0) is 37.1 Å². The Kier molecular flexibility index (Phi) is 5.23. The average molecular weight is 421 g/mol. The minimum atomic E-state index is -0.482. The number of rotatable bonds is 5. The van der Waals surface area contributed by atoms with Crippen molar-refractivity contribution in [3.05, 3.63) is 65.2 Å². The number of fused-ring (bicyclic) bond motifs is 1. The molecule has 2 fully saturated rings. The number of nitrogens with zero attached hydrogens (tertiary/aromatic N) is 3. The second kappa shape index (κ2) is 8.16. The highest BCUT2D eigenvalue weighted by molar-refractivity contribution is 7.18. The Hall–Kier alpha value is -2.77. The van der Waals surface area contributed by atoms with Crippen LogP contribution in [0.5, 0.6) is 0 Å². The molecule has 1 aromatic heterocycles. The molecule has 3 aromatic rings. The summed E-state index contributed by atoms with van der Waals surface area (Å²) in [5.74, 6) is 0.211. The molecule has 2 atom stereocenters. The summed E-state index contributed by atoms with van der Waals surface area (Å²) in [5.41, 5.74) is 2.10. The van der Waals surface area contributed by atoms with Crippen LogP contribution in [-0.2, 0) is 11.2 Å². The molecule has 0 radical (unpaired) electrons. The van der Waals surface area contributed by atoms with Crippen LogP contribution in [0, 0.1) is 0 Å². The maximum Gasteiger partial charge on any atom is 0.325 e. The molecule has 3 heterocycles. The number of hydrogen-bond acceptors (Lipinski definition) is 5. The highest BCUT2D eigenvalue weighted by Crippen LogP contribution is 2.33. The van der Waals surface area contributed by atoms with Gasteiger partial charge in [0.25, 0.3) is 5.91 Å². The quantitative estimate of drug-likeness (QED) is 0.641. The first-order valence-electron chi connectivity index (χ1n) is 10.4. The van der Waals surface area contributed by atoms with Crippen LogP contribution in [0.4, 0.5) is 4.79 Å². The molecule has 2 saturated heterocycles. The Morgan fingerprint density at radius 3 is 2.70 bits per heavy atom. The second-order valence-corrected chi connectivity index (χ2v) is 9.10. The van der Waals surface area contributed by atoms with Crippen molar-refractivity contribution < 1.29 is 9.59 Å². The van der Waals surface area contributed by atoms with Gasteiger partial charge in [-0.25, -0.2) is 14.7 Å². The summed E-state index contributed by atoms with van der Waals surface area (Å²) in [6, 6.07) is 17.3. The normalized spacial score (nSPS) is 22.6. The fourth-order valence-electron chi connectivity index (χ4n) is 4.35. The van der Waals surface area contributed by atoms with Gasteiger partial charge in [0.15, 0.2) is 0 Å². The molecule has 3 amide bonds. The fourth-order valence-corrected chi connectivity index (χ4v) is 5.44. The summed E-state index contributed by atoms with van der Waals surface area (Å²) in [6.07, 6.45) is 2.65. The van der Waals surface area contributed by atoms with Crippen molar-refractivity contribution in [2.75, 3.05) is 19.8 Å². The molecule has 6 nitrogen and oxygen atoms in total. The highest BCUT2D eigenvalue weighted by atomic mass is 32.1. The van der Waals surface area contributed by atoms with Crippen LogP contribution in [0.2, 0.25) is 0 Å². The molecular weight excluding hydrogens is 396 g/mol. The number of piperidine rings is 1. The summed E-state index contributed by atoms with van der Waals surface area (Å²) in [4.78, 5) is 33.8. The molecule has 2 aliphatic heterocycles. The van der Waals surface area contributed by atoms with E-state index < -0.39 is 6.04 Å². The van der Waals surface area contributed by atoms with Gasteiger partial charge in [-0.3, -0.25) is 9.69 Å². The predicted octanol–water partition coefficient (Wildman–Crippen LogP) is 3.60. The van der Waals surface area contributed by atoms with Crippen LogP contribution in [0.25, 0.3) is 10.2 Å². The minimum absolute atomic E-state index is 0.133. The second-order valence-electron chi connectivity index (χ2n) is 8.04. The highest BCUT2D eigenvalue weighted by Gasteiger charge is 2.39. The predicted molar refractivity (Wildman–Crippen MR) is 117 cm³/mol. The number of amides is 3. The lowest BCUT2D eigenvalue weighted by molar-refractivity contribution is -0.129. The van der Waals surface area contributed by atoms with Gasteiger partial charge in [0.05, 0.1) is 21.9 Å². The van der Waals surface area contributed by atoms with E-state index in [2.05, 4.69) is 22.3 Å². The largest absolute Gasteiger partial charge is 0.325 e. The molecule has 0 bridgehead atoms. The molecule has 1 N–H and O–H groups in total. The Balaban J connectivity index is 1.24. The topological polar surface area (TPSA) is 65.5 Å². The number of imide groups is 1. The van der Waals surface area contributed by atoms with E-state index in [1.165, 1.54) is 9.60 Å². The standard InChI is InChI=1S/C23H24N4O2S/c28-22-19(13-16-7-2-1-3-8-16)25-23(29)27(22)15-26-12-6-9-17(14-26)21-24-18-10-4-5-11-20(18)30-21/h1-5,7-8,10-11,17,19H,6,9,12-15H2,(H,25,29)/t17-,19+/m0/s1. The van der Waals surface area contributed by atoms with Gasteiger partial charge in [0, 0.05) is 18.9 Å². The van der Waals surface area contributed by atoms with E-state index >= 15 is 0 Å². The Morgan fingerprint density at radius 2 is 1.87 bits per heavy atom. The molecule has 2 aliphatic rings. The maximum absolute atomic E-state index is 12.9. The van der Waals surface area contributed by atoms with Gasteiger partial charge < -0.3 is 5.32 Å². The van der Waals surface area contributed by atoms with Gasteiger partial charge in [0.2, 0.25) is 0 Å². The third-order valence-corrected chi connectivity index (χ3v) is 7.10. The van der Waals surface area contributed by atoms with Crippen molar-refractivity contribution >= 4 is 33.5 Å². The molecule has 5 rings (SSSR count). The Labute approximate surface area is 179 Å². The number of likely N-dealkylation sites (tertiary alicyclic amines) is 1. The van der Waals surface area contributed by atoms with E-state index in [0.717, 1.165) is 42.0 Å². The third kappa shape index (κ3) is 3.82. The zero-order valence-corrected chi connectivity index (χ0v) is 17.5. The maximum atomic E-state index is 12.9. The number of hydrogen-bond donors (Lipinski definition) is 1. The van der Waals surface area contributed by atoms with E-state index in [9.17, 15) is 9.59 Å². The molecule has 0 saturated carbocycles. The van der Waals surface area contributed by atoms with Gasteiger partial charge in [0.1, 0.15) is 6.04 Å². The third-order valence-electron chi connectivity index (χ3n) is 5.90. The summed E-state index contributed by atoms with van der Waals surface area (Å²) in [5, 5.41) is 4.01. The van der Waals surface area contributed by atoms with Crippen molar-refractivity contribution in [1.82, 2.24) is 20.1 Å². The van der Waals surface area contributed by atoms with Gasteiger partial charge in [-0.2, -0.15) is 0 Å². The van der Waals surface area contributed by atoms with Crippen LogP contribution < -0.4 is 5.32 Å². The van der Waals surface area contributed by atoms with E-state index in [4.69, 9.17) is 4.98 Å². The van der Waals surface area contributed by atoms with E-state index in [1.54, 1.807) is 11.3 Å². The van der Waals surface area contributed by atoms with Crippen molar-refractivity contribution in [2.45, 2.75) is 31.2 Å². The zero-order valence-electron chi connectivity index (χ0n) is 16.7.